The molecule has 0 aliphatic rings. The summed E-state index contributed by atoms with van der Waals surface area (Å²) in [4.78, 5) is 12.9. The minimum absolute atomic E-state index is 0.0338. The number of carbonyl (C=O) groups is 1. The summed E-state index contributed by atoms with van der Waals surface area (Å²) in [5.41, 5.74) is 1.28. The molecule has 0 spiro atoms. The van der Waals surface area contributed by atoms with Gasteiger partial charge in [0.25, 0.3) is 0 Å². The van der Waals surface area contributed by atoms with Crippen molar-refractivity contribution in [2.75, 3.05) is 26.5 Å². The van der Waals surface area contributed by atoms with E-state index in [0.29, 0.717) is 17.1 Å². The number of ketones is 1. The molecule has 0 atom stereocenters. The van der Waals surface area contributed by atoms with Gasteiger partial charge in [-0.25, -0.2) is 0 Å². The third-order valence-electron chi connectivity index (χ3n) is 4.14. The zero-order valence-corrected chi connectivity index (χ0v) is 16.7. The highest BCUT2D eigenvalue weighted by Crippen LogP contribution is 2.29. The van der Waals surface area contributed by atoms with Crippen LogP contribution in [0.2, 0.25) is 0 Å². The van der Waals surface area contributed by atoms with Crippen molar-refractivity contribution < 1.29 is 14.3 Å². The molecule has 0 amide bonds. The Morgan fingerprint density at radius 2 is 1.73 bits per heavy atom. The maximum atomic E-state index is 12.9. The lowest BCUT2D eigenvalue weighted by Crippen LogP contribution is -2.47. The maximum Gasteiger partial charge on any atom is 0.182 e. The topological polar surface area (TPSA) is 47.6 Å². The highest BCUT2D eigenvalue weighted by atomic mass is 32.2. The first-order chi connectivity index (χ1) is 12.5. The molecular weight excluding hydrogens is 346 g/mol. The van der Waals surface area contributed by atoms with Crippen LogP contribution in [0.4, 0.5) is 0 Å². The highest BCUT2D eigenvalue weighted by Gasteiger charge is 2.28. The number of carbonyl (C=O) groups excluding carboxylic acids is 1. The zero-order valence-electron chi connectivity index (χ0n) is 15.9. The number of hydrogen-bond donors (Lipinski definition) is 1. The molecule has 26 heavy (non-hydrogen) atoms. The van der Waals surface area contributed by atoms with Crippen LogP contribution in [0.3, 0.4) is 0 Å². The minimum atomic E-state index is -0.646. The van der Waals surface area contributed by atoms with Gasteiger partial charge in [-0.05, 0) is 37.6 Å². The standard InChI is InChI=1S/C21H27NO3S/c1-21(2,22-12-13-26-15-16-8-6-5-7-9-16)20(23)17-10-11-18(24-3)19(14-17)25-4/h5-11,14,22H,12-13,15H2,1-4H3. The molecule has 0 saturated carbocycles. The summed E-state index contributed by atoms with van der Waals surface area (Å²) in [6.45, 7) is 4.59. The average molecular weight is 374 g/mol. The van der Waals surface area contributed by atoms with E-state index in [1.807, 2.05) is 31.7 Å². The molecule has 0 aliphatic heterocycles. The van der Waals surface area contributed by atoms with Crippen LogP contribution in [0.25, 0.3) is 0 Å². The van der Waals surface area contributed by atoms with E-state index in [0.717, 1.165) is 18.1 Å². The number of thioether (sulfide) groups is 1. The van der Waals surface area contributed by atoms with Crippen LogP contribution < -0.4 is 14.8 Å². The molecular formula is C21H27NO3S. The van der Waals surface area contributed by atoms with Crippen molar-refractivity contribution in [3.8, 4) is 11.5 Å². The number of Topliss-reactive ketones (excluding diaryl/α,β-unsaturated/α-hetero) is 1. The smallest absolute Gasteiger partial charge is 0.182 e. The van der Waals surface area contributed by atoms with Gasteiger partial charge in [0.2, 0.25) is 0 Å². The summed E-state index contributed by atoms with van der Waals surface area (Å²) in [6, 6.07) is 15.7. The summed E-state index contributed by atoms with van der Waals surface area (Å²) >= 11 is 1.86. The van der Waals surface area contributed by atoms with Crippen molar-refractivity contribution in [1.82, 2.24) is 5.32 Å². The molecule has 0 unspecified atom stereocenters. The van der Waals surface area contributed by atoms with Crippen molar-refractivity contribution in [1.29, 1.82) is 0 Å². The molecule has 2 aromatic carbocycles. The lowest BCUT2D eigenvalue weighted by molar-refractivity contribution is 0.0884. The van der Waals surface area contributed by atoms with Gasteiger partial charge >= 0.3 is 0 Å². The van der Waals surface area contributed by atoms with Gasteiger partial charge in [-0.2, -0.15) is 11.8 Å². The Bertz CT molecular complexity index is 716. The van der Waals surface area contributed by atoms with Crippen molar-refractivity contribution >= 4 is 17.5 Å². The quantitative estimate of drug-likeness (QED) is 0.500. The Hall–Kier alpha value is -1.98. The summed E-state index contributed by atoms with van der Waals surface area (Å²) in [5, 5.41) is 3.37. The molecule has 0 fully saturated rings. The molecule has 0 aliphatic carbocycles. The van der Waals surface area contributed by atoms with Gasteiger partial charge in [-0.1, -0.05) is 30.3 Å². The lowest BCUT2D eigenvalue weighted by Gasteiger charge is -2.25. The average Bonchev–Trinajstić information content (AvgIpc) is 2.67. The van der Waals surface area contributed by atoms with Crippen LogP contribution in [-0.4, -0.2) is 37.8 Å². The van der Waals surface area contributed by atoms with Crippen LogP contribution in [0, 0.1) is 0 Å². The fourth-order valence-corrected chi connectivity index (χ4v) is 3.44. The van der Waals surface area contributed by atoms with Gasteiger partial charge < -0.3 is 14.8 Å². The van der Waals surface area contributed by atoms with Crippen LogP contribution in [0.15, 0.2) is 48.5 Å². The summed E-state index contributed by atoms with van der Waals surface area (Å²) in [6.07, 6.45) is 0. The number of ether oxygens (including phenoxy) is 2. The van der Waals surface area contributed by atoms with Crippen molar-refractivity contribution in [2.24, 2.45) is 0 Å². The normalized spacial score (nSPS) is 11.2. The molecule has 1 N–H and O–H groups in total. The second kappa shape index (κ2) is 9.64. The third-order valence-corrected chi connectivity index (χ3v) is 5.17. The van der Waals surface area contributed by atoms with E-state index < -0.39 is 5.54 Å². The van der Waals surface area contributed by atoms with Gasteiger partial charge in [0.15, 0.2) is 17.3 Å². The van der Waals surface area contributed by atoms with Crippen molar-refractivity contribution in [3.63, 3.8) is 0 Å². The highest BCUT2D eigenvalue weighted by molar-refractivity contribution is 7.98. The number of benzene rings is 2. The van der Waals surface area contributed by atoms with Gasteiger partial charge in [0.05, 0.1) is 19.8 Å². The number of hydrogen-bond acceptors (Lipinski definition) is 5. The van der Waals surface area contributed by atoms with E-state index in [4.69, 9.17) is 9.47 Å². The molecule has 4 nitrogen and oxygen atoms in total. The molecule has 0 saturated heterocycles. The largest absolute Gasteiger partial charge is 0.493 e. The second-order valence-corrected chi connectivity index (χ2v) is 7.59. The summed E-state index contributed by atoms with van der Waals surface area (Å²) in [5.74, 6) is 3.13. The number of rotatable bonds is 10. The minimum Gasteiger partial charge on any atom is -0.493 e. The Balaban J connectivity index is 1.87. The molecule has 0 bridgehead atoms. The fourth-order valence-electron chi connectivity index (χ4n) is 2.62. The maximum absolute atomic E-state index is 12.9. The lowest BCUT2D eigenvalue weighted by atomic mass is 9.93. The van der Waals surface area contributed by atoms with Gasteiger partial charge in [0.1, 0.15) is 0 Å². The molecule has 0 radical (unpaired) electrons. The molecule has 2 aromatic rings. The number of methoxy groups -OCH3 is 2. The van der Waals surface area contributed by atoms with Gasteiger partial charge in [-0.3, -0.25) is 4.79 Å². The Kier molecular flexibility index (Phi) is 7.54. The van der Waals surface area contributed by atoms with Crippen LogP contribution >= 0.6 is 11.8 Å². The Morgan fingerprint density at radius 1 is 1.04 bits per heavy atom. The molecule has 140 valence electrons. The third kappa shape index (κ3) is 5.51. The summed E-state index contributed by atoms with van der Waals surface area (Å²) in [7, 11) is 3.15. The fraction of sp³-hybridized carbons (Fsp3) is 0.381. The Morgan fingerprint density at radius 3 is 2.38 bits per heavy atom. The van der Waals surface area contributed by atoms with Gasteiger partial charge in [0, 0.05) is 23.6 Å². The Labute approximate surface area is 160 Å². The molecule has 0 aromatic heterocycles. The number of nitrogens with one attached hydrogen (secondary N) is 1. The first kappa shape index (κ1) is 20.3. The van der Waals surface area contributed by atoms with Crippen molar-refractivity contribution in [2.45, 2.75) is 25.1 Å². The molecule has 0 heterocycles. The van der Waals surface area contributed by atoms with Gasteiger partial charge in [-0.15, -0.1) is 0 Å². The predicted molar refractivity (Wildman–Crippen MR) is 109 cm³/mol. The van der Waals surface area contributed by atoms with Crippen LogP contribution in [-0.2, 0) is 5.75 Å². The monoisotopic (exact) mass is 373 g/mol. The first-order valence-electron chi connectivity index (χ1n) is 8.61. The summed E-state index contributed by atoms with van der Waals surface area (Å²) < 4.78 is 10.5. The van der Waals surface area contributed by atoms with E-state index >= 15 is 0 Å². The molecule has 2 rings (SSSR count). The van der Waals surface area contributed by atoms with E-state index in [1.54, 1.807) is 32.4 Å². The van der Waals surface area contributed by atoms with Crippen molar-refractivity contribution in [3.05, 3.63) is 59.7 Å². The first-order valence-corrected chi connectivity index (χ1v) is 9.77. The second-order valence-electron chi connectivity index (χ2n) is 6.49. The zero-order chi connectivity index (χ0) is 19.0. The van der Waals surface area contributed by atoms with E-state index in [9.17, 15) is 4.79 Å². The SMILES string of the molecule is COc1ccc(C(=O)C(C)(C)NCCSCc2ccccc2)cc1OC. The predicted octanol–water partition coefficient (Wildman–Crippen LogP) is 4.19. The van der Waals surface area contributed by atoms with Crippen LogP contribution in [0.1, 0.15) is 29.8 Å². The van der Waals surface area contributed by atoms with E-state index in [-0.39, 0.29) is 5.78 Å². The van der Waals surface area contributed by atoms with E-state index in [2.05, 4.69) is 29.6 Å². The molecule has 5 heteroatoms. The van der Waals surface area contributed by atoms with Crippen LogP contribution in [0.5, 0.6) is 11.5 Å². The van der Waals surface area contributed by atoms with E-state index in [1.165, 1.54) is 5.56 Å².